The van der Waals surface area contributed by atoms with Gasteiger partial charge in [-0.1, -0.05) is 24.6 Å². The number of halogens is 1. The third-order valence-electron chi connectivity index (χ3n) is 4.00. The van der Waals surface area contributed by atoms with Gasteiger partial charge < -0.3 is 10.6 Å². The zero-order valence-electron chi connectivity index (χ0n) is 11.9. The number of rotatable bonds is 3. The summed E-state index contributed by atoms with van der Waals surface area (Å²) < 4.78 is 0. The lowest BCUT2D eigenvalue weighted by Gasteiger charge is -2.27. The zero-order valence-corrected chi connectivity index (χ0v) is 12.7. The summed E-state index contributed by atoms with van der Waals surface area (Å²) in [6.07, 6.45) is 3.05. The molecule has 1 aromatic heterocycles. The van der Waals surface area contributed by atoms with Gasteiger partial charge in [0.2, 0.25) is 5.91 Å². The lowest BCUT2D eigenvalue weighted by molar-refractivity contribution is -0.129. The largest absolute Gasteiger partial charge is 0.334 e. The van der Waals surface area contributed by atoms with Crippen LogP contribution in [0.2, 0.25) is 5.02 Å². The minimum absolute atomic E-state index is 0.118. The molecule has 110 valence electrons. The van der Waals surface area contributed by atoms with E-state index in [0.29, 0.717) is 18.0 Å². The van der Waals surface area contributed by atoms with Crippen LogP contribution in [0.5, 0.6) is 0 Å². The molecular formula is C16H18ClN3O. The Morgan fingerprint density at radius 3 is 3.00 bits per heavy atom. The van der Waals surface area contributed by atoms with Crippen LogP contribution in [0.25, 0.3) is 10.9 Å². The average Bonchev–Trinajstić information content (AvgIpc) is 2.75. The summed E-state index contributed by atoms with van der Waals surface area (Å²) in [6.45, 7) is 2.78. The second-order valence-electron chi connectivity index (χ2n) is 5.44. The minimum atomic E-state index is -0.199. The number of nitrogens with zero attached hydrogens (tertiary/aromatic N) is 2. The van der Waals surface area contributed by atoms with Crippen LogP contribution in [0.4, 0.5) is 0 Å². The van der Waals surface area contributed by atoms with E-state index in [1.807, 2.05) is 29.2 Å². The monoisotopic (exact) mass is 303 g/mol. The lowest BCUT2D eigenvalue weighted by Crippen LogP contribution is -2.33. The van der Waals surface area contributed by atoms with Gasteiger partial charge in [0.05, 0.1) is 11.6 Å². The van der Waals surface area contributed by atoms with Gasteiger partial charge in [0.1, 0.15) is 0 Å². The third kappa shape index (κ3) is 2.39. The first-order chi connectivity index (χ1) is 10.1. The number of nitrogens with two attached hydrogens (primary N) is 1. The molecule has 2 aromatic rings. The topological polar surface area (TPSA) is 59.2 Å². The molecule has 1 aromatic carbocycles. The molecule has 2 unspecified atom stereocenters. The van der Waals surface area contributed by atoms with Gasteiger partial charge in [0.25, 0.3) is 0 Å². The molecule has 0 aliphatic carbocycles. The van der Waals surface area contributed by atoms with E-state index in [4.69, 9.17) is 17.3 Å². The Hall–Kier alpha value is -1.65. The van der Waals surface area contributed by atoms with Crippen molar-refractivity contribution < 1.29 is 4.79 Å². The van der Waals surface area contributed by atoms with Crippen LogP contribution in [0, 0.1) is 0 Å². The van der Waals surface area contributed by atoms with Gasteiger partial charge in [-0.3, -0.25) is 9.78 Å². The number of amides is 1. The molecule has 0 spiro atoms. The average molecular weight is 304 g/mol. The fourth-order valence-corrected chi connectivity index (χ4v) is 3.33. The number of pyridine rings is 1. The van der Waals surface area contributed by atoms with E-state index < -0.39 is 0 Å². The van der Waals surface area contributed by atoms with Crippen LogP contribution < -0.4 is 5.73 Å². The summed E-state index contributed by atoms with van der Waals surface area (Å²) in [4.78, 5) is 18.5. The standard InChI is InChI=1S/C16H18ClN3O/c1-2-8-20-14(21)9-13(18)16(20)11-5-6-12(17)10-4-3-7-19-15(10)11/h3-7,13,16H,2,8-9,18H2,1H3. The third-order valence-corrected chi connectivity index (χ3v) is 4.33. The fourth-order valence-electron chi connectivity index (χ4n) is 3.12. The molecule has 1 amide bonds. The van der Waals surface area contributed by atoms with Crippen molar-refractivity contribution in [1.29, 1.82) is 0 Å². The summed E-state index contributed by atoms with van der Waals surface area (Å²) in [6, 6.07) is 7.30. The highest BCUT2D eigenvalue weighted by atomic mass is 35.5. The molecular weight excluding hydrogens is 286 g/mol. The zero-order chi connectivity index (χ0) is 15.0. The quantitative estimate of drug-likeness (QED) is 0.948. The molecule has 0 radical (unpaired) electrons. The van der Waals surface area contributed by atoms with E-state index in [9.17, 15) is 4.79 Å². The second kappa shape index (κ2) is 5.62. The molecule has 0 bridgehead atoms. The molecule has 1 aliphatic rings. The second-order valence-corrected chi connectivity index (χ2v) is 5.84. The predicted molar refractivity (Wildman–Crippen MR) is 84.1 cm³/mol. The minimum Gasteiger partial charge on any atom is -0.334 e. The summed E-state index contributed by atoms with van der Waals surface area (Å²) in [7, 11) is 0. The smallest absolute Gasteiger partial charge is 0.224 e. The number of carbonyl (C=O) groups is 1. The summed E-state index contributed by atoms with van der Waals surface area (Å²) >= 11 is 6.25. The number of aromatic nitrogens is 1. The van der Waals surface area contributed by atoms with Crippen molar-refractivity contribution in [2.45, 2.75) is 31.8 Å². The molecule has 4 nitrogen and oxygen atoms in total. The fraction of sp³-hybridized carbons (Fsp3) is 0.375. The van der Waals surface area contributed by atoms with Crippen LogP contribution in [0.15, 0.2) is 30.5 Å². The van der Waals surface area contributed by atoms with E-state index in [1.54, 1.807) is 6.20 Å². The normalized spacial score (nSPS) is 22.2. The van der Waals surface area contributed by atoms with E-state index in [0.717, 1.165) is 22.9 Å². The maximum Gasteiger partial charge on any atom is 0.224 e. The Morgan fingerprint density at radius 2 is 2.24 bits per heavy atom. The molecule has 5 heteroatoms. The van der Waals surface area contributed by atoms with Crippen molar-refractivity contribution in [2.24, 2.45) is 5.73 Å². The highest BCUT2D eigenvalue weighted by molar-refractivity contribution is 6.35. The molecule has 3 rings (SSSR count). The van der Waals surface area contributed by atoms with Crippen molar-refractivity contribution in [2.75, 3.05) is 6.54 Å². The van der Waals surface area contributed by atoms with Gasteiger partial charge in [-0.25, -0.2) is 0 Å². The first kappa shape index (κ1) is 14.3. The predicted octanol–water partition coefficient (Wildman–Crippen LogP) is 2.90. The van der Waals surface area contributed by atoms with Gasteiger partial charge in [-0.05, 0) is 24.6 Å². The van der Waals surface area contributed by atoms with Crippen molar-refractivity contribution in [3.8, 4) is 0 Å². The Kier molecular flexibility index (Phi) is 3.83. The Balaban J connectivity index is 2.15. The van der Waals surface area contributed by atoms with Gasteiger partial charge in [-0.2, -0.15) is 0 Å². The molecule has 1 fully saturated rings. The molecule has 2 N–H and O–H groups in total. The van der Waals surface area contributed by atoms with E-state index in [1.165, 1.54) is 0 Å². The van der Waals surface area contributed by atoms with Gasteiger partial charge in [0.15, 0.2) is 0 Å². The van der Waals surface area contributed by atoms with Gasteiger partial charge in [-0.15, -0.1) is 0 Å². The molecule has 2 atom stereocenters. The van der Waals surface area contributed by atoms with E-state index >= 15 is 0 Å². The van der Waals surface area contributed by atoms with Crippen LogP contribution in [-0.4, -0.2) is 28.4 Å². The summed E-state index contributed by atoms with van der Waals surface area (Å²) in [5.41, 5.74) is 8.05. The highest BCUT2D eigenvalue weighted by Gasteiger charge is 2.39. The number of carbonyl (C=O) groups excluding carboxylic acids is 1. The van der Waals surface area contributed by atoms with Crippen molar-refractivity contribution >= 4 is 28.4 Å². The number of likely N-dealkylation sites (tertiary alicyclic amines) is 1. The maximum absolute atomic E-state index is 12.2. The van der Waals surface area contributed by atoms with Gasteiger partial charge in [0, 0.05) is 41.2 Å². The Morgan fingerprint density at radius 1 is 1.43 bits per heavy atom. The molecule has 0 saturated carbocycles. The molecule has 21 heavy (non-hydrogen) atoms. The molecule has 1 aliphatic heterocycles. The van der Waals surface area contributed by atoms with Crippen LogP contribution in [-0.2, 0) is 4.79 Å². The van der Waals surface area contributed by atoms with Crippen LogP contribution in [0.1, 0.15) is 31.4 Å². The molecule has 2 heterocycles. The Bertz CT molecular complexity index is 688. The number of fused-ring (bicyclic) bond motifs is 1. The van der Waals surface area contributed by atoms with Gasteiger partial charge >= 0.3 is 0 Å². The first-order valence-electron chi connectivity index (χ1n) is 7.21. The van der Waals surface area contributed by atoms with E-state index in [-0.39, 0.29) is 18.0 Å². The molecule has 1 saturated heterocycles. The Labute approximate surface area is 128 Å². The SMILES string of the molecule is CCCN1C(=O)CC(N)C1c1ccc(Cl)c2cccnc12. The summed E-state index contributed by atoms with van der Waals surface area (Å²) in [5, 5.41) is 1.57. The first-order valence-corrected chi connectivity index (χ1v) is 7.59. The number of hydrogen-bond donors (Lipinski definition) is 1. The summed E-state index contributed by atoms with van der Waals surface area (Å²) in [5.74, 6) is 0.119. The van der Waals surface area contributed by atoms with Crippen molar-refractivity contribution in [1.82, 2.24) is 9.88 Å². The van der Waals surface area contributed by atoms with Crippen molar-refractivity contribution in [3.05, 3.63) is 41.0 Å². The van der Waals surface area contributed by atoms with Crippen LogP contribution in [0.3, 0.4) is 0 Å². The maximum atomic E-state index is 12.2. The number of hydrogen-bond acceptors (Lipinski definition) is 3. The van der Waals surface area contributed by atoms with E-state index in [2.05, 4.69) is 11.9 Å². The lowest BCUT2D eigenvalue weighted by atomic mass is 9.97. The van der Waals surface area contributed by atoms with Crippen molar-refractivity contribution in [3.63, 3.8) is 0 Å². The van der Waals surface area contributed by atoms with Crippen LogP contribution >= 0.6 is 11.6 Å². The highest BCUT2D eigenvalue weighted by Crippen LogP contribution is 2.37. The number of benzene rings is 1.